The van der Waals surface area contributed by atoms with Crippen molar-refractivity contribution in [3.8, 4) is 22.6 Å². The Kier molecular flexibility index (Phi) is 7.43. The van der Waals surface area contributed by atoms with Crippen molar-refractivity contribution in [1.82, 2.24) is 25.2 Å². The summed E-state index contributed by atoms with van der Waals surface area (Å²) in [5.74, 6) is 0.106. The number of tetrazole rings is 1. The third-order valence-electron chi connectivity index (χ3n) is 5.62. The molecular formula is C21H24FN6O7P. The van der Waals surface area contributed by atoms with Gasteiger partial charge in [-0.3, -0.25) is 9.88 Å². The van der Waals surface area contributed by atoms with Crippen LogP contribution in [0.15, 0.2) is 36.5 Å². The molecule has 1 amide bonds. The SMILES string of the molecule is CCn1nnc(-c2ccc(-c3ccc(N4C[C@@H](C(O)C5CC5)OC4=O)cc3F)cn2)n1.O=P(O)(O)O. The molecule has 36 heavy (non-hydrogen) atoms. The maximum Gasteiger partial charge on any atom is 0.466 e. The van der Waals surface area contributed by atoms with Gasteiger partial charge in [-0.25, -0.2) is 13.8 Å². The highest BCUT2D eigenvalue weighted by atomic mass is 31.2. The number of hydrogen-bond donors (Lipinski definition) is 4. The molecule has 2 aliphatic rings. The highest BCUT2D eigenvalue weighted by Crippen LogP contribution is 2.37. The van der Waals surface area contributed by atoms with Crippen LogP contribution in [0.5, 0.6) is 0 Å². The first-order valence-corrected chi connectivity index (χ1v) is 12.6. The van der Waals surface area contributed by atoms with E-state index in [0.29, 0.717) is 34.9 Å². The van der Waals surface area contributed by atoms with Crippen molar-refractivity contribution >= 4 is 19.6 Å². The zero-order valence-corrected chi connectivity index (χ0v) is 19.9. The van der Waals surface area contributed by atoms with Crippen LogP contribution < -0.4 is 4.90 Å². The summed E-state index contributed by atoms with van der Waals surface area (Å²) < 4.78 is 29.1. The molecule has 1 saturated carbocycles. The number of nitrogens with zero attached hydrogens (tertiary/aromatic N) is 6. The second-order valence-electron chi connectivity index (χ2n) is 8.27. The molecule has 1 saturated heterocycles. The number of anilines is 1. The summed E-state index contributed by atoms with van der Waals surface area (Å²) in [5, 5.41) is 22.3. The zero-order valence-electron chi connectivity index (χ0n) is 19.0. The van der Waals surface area contributed by atoms with Crippen molar-refractivity contribution in [3.05, 3.63) is 42.3 Å². The number of aryl methyl sites for hydroxylation is 1. The van der Waals surface area contributed by atoms with Gasteiger partial charge in [0.2, 0.25) is 5.82 Å². The Hall–Kier alpha value is -3.29. The van der Waals surface area contributed by atoms with Gasteiger partial charge in [-0.05, 0) is 55.2 Å². The summed E-state index contributed by atoms with van der Waals surface area (Å²) in [5.41, 5.74) is 1.87. The van der Waals surface area contributed by atoms with Gasteiger partial charge in [-0.15, -0.1) is 10.2 Å². The number of phosphoric acid groups is 1. The topological polar surface area (TPSA) is 184 Å². The third-order valence-corrected chi connectivity index (χ3v) is 5.62. The van der Waals surface area contributed by atoms with Crippen LogP contribution in [0.4, 0.5) is 14.9 Å². The molecule has 0 radical (unpaired) electrons. The zero-order chi connectivity index (χ0) is 26.0. The summed E-state index contributed by atoms with van der Waals surface area (Å²) in [7, 11) is -4.64. The fourth-order valence-corrected chi connectivity index (χ4v) is 3.69. The molecule has 15 heteroatoms. The first kappa shape index (κ1) is 25.8. The van der Waals surface area contributed by atoms with Gasteiger partial charge < -0.3 is 24.5 Å². The quantitative estimate of drug-likeness (QED) is 0.346. The summed E-state index contributed by atoms with van der Waals surface area (Å²) in [6.07, 6.45) is 1.61. The summed E-state index contributed by atoms with van der Waals surface area (Å²) in [6, 6.07) is 8.00. The molecule has 3 heterocycles. The van der Waals surface area contributed by atoms with Crippen LogP contribution >= 0.6 is 7.82 Å². The number of rotatable bonds is 6. The van der Waals surface area contributed by atoms with Crippen molar-refractivity contribution < 1.29 is 38.3 Å². The number of cyclic esters (lactones) is 1. The lowest BCUT2D eigenvalue weighted by atomic mass is 10.1. The first-order valence-electron chi connectivity index (χ1n) is 11.0. The maximum absolute atomic E-state index is 14.9. The average molecular weight is 522 g/mol. The molecule has 4 N–H and O–H groups in total. The molecule has 5 rings (SSSR count). The number of carbonyl (C=O) groups excluding carboxylic acids is 1. The van der Waals surface area contributed by atoms with Gasteiger partial charge >= 0.3 is 13.9 Å². The number of hydrogen-bond acceptors (Lipinski definition) is 8. The summed E-state index contributed by atoms with van der Waals surface area (Å²) in [4.78, 5) is 40.9. The first-order chi connectivity index (χ1) is 17.0. The summed E-state index contributed by atoms with van der Waals surface area (Å²) in [6.45, 7) is 2.72. The van der Waals surface area contributed by atoms with Crippen LogP contribution in [0.2, 0.25) is 0 Å². The van der Waals surface area contributed by atoms with Crippen LogP contribution in [-0.2, 0) is 15.8 Å². The van der Waals surface area contributed by atoms with Crippen LogP contribution in [0.1, 0.15) is 19.8 Å². The minimum atomic E-state index is -4.64. The Morgan fingerprint density at radius 3 is 2.50 bits per heavy atom. The van der Waals surface area contributed by atoms with Gasteiger partial charge in [0.15, 0.2) is 0 Å². The van der Waals surface area contributed by atoms with Gasteiger partial charge in [0.05, 0.1) is 24.9 Å². The van der Waals surface area contributed by atoms with Gasteiger partial charge in [0.25, 0.3) is 0 Å². The van der Waals surface area contributed by atoms with E-state index in [4.69, 9.17) is 24.0 Å². The number of aromatic nitrogens is 5. The minimum Gasteiger partial charge on any atom is -0.441 e. The van der Waals surface area contributed by atoms with E-state index in [1.54, 1.807) is 30.5 Å². The van der Waals surface area contributed by atoms with Gasteiger partial charge in [0.1, 0.15) is 17.6 Å². The Morgan fingerprint density at radius 2 is 1.94 bits per heavy atom. The highest BCUT2D eigenvalue weighted by Gasteiger charge is 2.43. The van der Waals surface area contributed by atoms with Crippen molar-refractivity contribution in [2.24, 2.45) is 5.92 Å². The Morgan fingerprint density at radius 1 is 1.22 bits per heavy atom. The normalized spacial score (nSPS) is 18.4. The molecule has 1 aliphatic heterocycles. The number of pyridine rings is 1. The molecule has 0 bridgehead atoms. The van der Waals surface area contributed by atoms with Crippen LogP contribution in [-0.4, -0.2) is 69.8 Å². The van der Waals surface area contributed by atoms with Gasteiger partial charge in [-0.1, -0.05) is 6.07 Å². The Bertz CT molecular complexity index is 1270. The fourth-order valence-electron chi connectivity index (χ4n) is 3.69. The molecule has 13 nitrogen and oxygen atoms in total. The van der Waals surface area contributed by atoms with Crippen molar-refractivity contribution in [3.63, 3.8) is 0 Å². The maximum atomic E-state index is 14.9. The summed E-state index contributed by atoms with van der Waals surface area (Å²) >= 11 is 0. The third kappa shape index (κ3) is 6.28. The lowest BCUT2D eigenvalue weighted by Crippen LogP contribution is -2.32. The largest absolute Gasteiger partial charge is 0.466 e. The number of aliphatic hydroxyl groups excluding tert-OH is 1. The number of carbonyl (C=O) groups is 1. The molecule has 2 atom stereocenters. The Labute approximate surface area is 204 Å². The number of amides is 1. The second-order valence-corrected chi connectivity index (χ2v) is 9.30. The predicted molar refractivity (Wildman–Crippen MR) is 123 cm³/mol. The number of benzene rings is 1. The van der Waals surface area contributed by atoms with E-state index in [0.717, 1.165) is 12.8 Å². The van der Waals surface area contributed by atoms with Gasteiger partial charge in [-0.2, -0.15) is 4.80 Å². The molecule has 3 aromatic rings. The molecule has 1 aromatic carbocycles. The van der Waals surface area contributed by atoms with Crippen molar-refractivity contribution in [2.45, 2.75) is 38.5 Å². The smallest absolute Gasteiger partial charge is 0.441 e. The van der Waals surface area contributed by atoms with E-state index < -0.39 is 31.9 Å². The lowest BCUT2D eigenvalue weighted by molar-refractivity contribution is 0.0200. The van der Waals surface area contributed by atoms with Crippen LogP contribution in [0.3, 0.4) is 0 Å². The van der Waals surface area contributed by atoms with Crippen molar-refractivity contribution in [1.29, 1.82) is 0 Å². The Balaban J connectivity index is 0.000000556. The van der Waals surface area contributed by atoms with Crippen molar-refractivity contribution in [2.75, 3.05) is 11.4 Å². The molecule has 0 spiro atoms. The molecule has 1 aliphatic carbocycles. The standard InChI is InChI=1S/C21H21FN6O3.H3O4P/c1-2-28-25-20(24-26-28)17-8-5-13(10-23-17)15-7-6-14(9-16(15)22)27-11-18(31-21(27)30)19(29)12-3-4-12;1-5(2,3)4/h5-10,12,18-19,29H,2-4,11H2,1H3;(H3,1,2,3,4)/t18-,19?;/m0./s1. The average Bonchev–Trinajstić information content (AvgIpc) is 3.43. The van der Waals surface area contributed by atoms with E-state index in [1.165, 1.54) is 15.8 Å². The highest BCUT2D eigenvalue weighted by molar-refractivity contribution is 7.45. The second kappa shape index (κ2) is 10.4. The van der Waals surface area contributed by atoms with Crippen LogP contribution in [0, 0.1) is 11.7 Å². The minimum absolute atomic E-state index is 0.189. The number of aliphatic hydroxyl groups is 1. The molecule has 2 aromatic heterocycles. The molecular weight excluding hydrogens is 498 g/mol. The molecule has 192 valence electrons. The van der Waals surface area contributed by atoms with E-state index in [-0.39, 0.29) is 12.5 Å². The fraction of sp³-hybridized carbons (Fsp3) is 0.381. The van der Waals surface area contributed by atoms with E-state index in [1.807, 2.05) is 6.92 Å². The van der Waals surface area contributed by atoms with Crippen LogP contribution in [0.25, 0.3) is 22.6 Å². The monoisotopic (exact) mass is 522 g/mol. The predicted octanol–water partition coefficient (Wildman–Crippen LogP) is 1.73. The van der Waals surface area contributed by atoms with E-state index in [9.17, 15) is 14.3 Å². The lowest BCUT2D eigenvalue weighted by Gasteiger charge is -2.16. The number of ether oxygens (including phenoxy) is 1. The van der Waals surface area contributed by atoms with E-state index >= 15 is 0 Å². The van der Waals surface area contributed by atoms with Gasteiger partial charge in [0, 0.05) is 17.3 Å². The molecule has 1 unspecified atom stereocenters. The molecule has 2 fully saturated rings. The van der Waals surface area contributed by atoms with E-state index in [2.05, 4.69) is 20.4 Å². The number of halogens is 1.